The van der Waals surface area contributed by atoms with Crippen LogP contribution < -0.4 is 24.2 Å². The highest BCUT2D eigenvalue weighted by Crippen LogP contribution is 2.33. The fourth-order valence-corrected chi connectivity index (χ4v) is 4.81. The predicted molar refractivity (Wildman–Crippen MR) is 130 cm³/mol. The fourth-order valence-electron chi connectivity index (χ4n) is 3.73. The lowest BCUT2D eigenvalue weighted by Crippen LogP contribution is -2.17. The molecule has 2 heterocycles. The minimum Gasteiger partial charge on any atom is -0.497 e. The van der Waals surface area contributed by atoms with E-state index in [1.807, 2.05) is 12.1 Å². The Morgan fingerprint density at radius 1 is 0.943 bits per heavy atom. The normalized spacial score (nSPS) is 12.8. The molecule has 10 heteroatoms. The maximum Gasteiger partial charge on any atom is 0.262 e. The number of hydrogen-bond acceptors (Lipinski definition) is 7. The second kappa shape index (κ2) is 9.22. The lowest BCUT2D eigenvalue weighted by Gasteiger charge is -2.19. The quantitative estimate of drug-likeness (QED) is 0.396. The Bertz CT molecular complexity index is 1490. The highest BCUT2D eigenvalue weighted by Gasteiger charge is 2.19. The predicted octanol–water partition coefficient (Wildman–Crippen LogP) is 4.19. The molecule has 5 rings (SSSR count). The molecule has 1 aromatic heterocycles. The molecule has 180 valence electrons. The standard InChI is InChI=1S/C25H22N2O7S/c1-31-19-6-8-21-16(15-34-23(21)13-19)12-25(28)26-17-2-4-18(5-3-17)27-35(29,30)20-7-9-22-24(14-20)33-11-10-32-22/h2-9,13-15,27H,10-12H2,1H3,(H,26,28). The van der Waals surface area contributed by atoms with Gasteiger partial charge >= 0.3 is 0 Å². The highest BCUT2D eigenvalue weighted by atomic mass is 32.2. The third-order valence-corrected chi connectivity index (χ3v) is 6.84. The number of amides is 1. The zero-order valence-corrected chi connectivity index (χ0v) is 19.6. The molecule has 0 aliphatic carbocycles. The van der Waals surface area contributed by atoms with Gasteiger partial charge in [-0.25, -0.2) is 8.42 Å². The van der Waals surface area contributed by atoms with E-state index >= 15 is 0 Å². The van der Waals surface area contributed by atoms with Crippen molar-refractivity contribution in [2.45, 2.75) is 11.3 Å². The maximum atomic E-state index is 12.8. The van der Waals surface area contributed by atoms with Gasteiger partial charge in [-0.2, -0.15) is 0 Å². The molecule has 3 aromatic carbocycles. The molecule has 1 aliphatic rings. The molecule has 0 radical (unpaired) electrons. The van der Waals surface area contributed by atoms with Crippen molar-refractivity contribution in [3.63, 3.8) is 0 Å². The molecule has 2 N–H and O–H groups in total. The summed E-state index contributed by atoms with van der Waals surface area (Å²) >= 11 is 0. The fraction of sp³-hybridized carbons (Fsp3) is 0.160. The first kappa shape index (κ1) is 22.6. The first-order valence-corrected chi connectivity index (χ1v) is 12.3. The van der Waals surface area contributed by atoms with E-state index in [0.717, 1.165) is 10.9 Å². The second-order valence-corrected chi connectivity index (χ2v) is 9.52. The van der Waals surface area contributed by atoms with Crippen LogP contribution in [-0.4, -0.2) is 34.6 Å². The Morgan fingerprint density at radius 3 is 2.46 bits per heavy atom. The number of methoxy groups -OCH3 is 1. The van der Waals surface area contributed by atoms with Gasteiger partial charge in [0.25, 0.3) is 10.0 Å². The van der Waals surface area contributed by atoms with Crippen LogP contribution in [0.2, 0.25) is 0 Å². The van der Waals surface area contributed by atoms with Crippen LogP contribution >= 0.6 is 0 Å². The van der Waals surface area contributed by atoms with Crippen LogP contribution in [-0.2, 0) is 21.2 Å². The molecular weight excluding hydrogens is 472 g/mol. The van der Waals surface area contributed by atoms with E-state index in [0.29, 0.717) is 47.4 Å². The molecule has 0 unspecified atom stereocenters. The van der Waals surface area contributed by atoms with Gasteiger partial charge in [-0.15, -0.1) is 0 Å². The monoisotopic (exact) mass is 494 g/mol. The minimum atomic E-state index is -3.84. The van der Waals surface area contributed by atoms with Crippen molar-refractivity contribution < 1.29 is 31.8 Å². The van der Waals surface area contributed by atoms with Gasteiger partial charge in [0.1, 0.15) is 24.5 Å². The number of sulfonamides is 1. The Labute approximate surface area is 201 Å². The van der Waals surface area contributed by atoms with Gasteiger partial charge in [-0.05, 0) is 48.5 Å². The van der Waals surface area contributed by atoms with E-state index in [1.54, 1.807) is 49.8 Å². The van der Waals surface area contributed by atoms with E-state index in [4.69, 9.17) is 18.6 Å². The Hall–Kier alpha value is -4.18. The third kappa shape index (κ3) is 4.87. The highest BCUT2D eigenvalue weighted by molar-refractivity contribution is 7.92. The first-order valence-electron chi connectivity index (χ1n) is 10.8. The molecule has 0 spiro atoms. The average molecular weight is 495 g/mol. The summed E-state index contributed by atoms with van der Waals surface area (Å²) in [5, 5.41) is 3.65. The lowest BCUT2D eigenvalue weighted by atomic mass is 10.1. The van der Waals surface area contributed by atoms with Crippen LogP contribution in [0.1, 0.15) is 5.56 Å². The number of furan rings is 1. The summed E-state index contributed by atoms with van der Waals surface area (Å²) in [7, 11) is -2.26. The second-order valence-electron chi connectivity index (χ2n) is 7.84. The van der Waals surface area contributed by atoms with E-state index in [2.05, 4.69) is 10.0 Å². The molecule has 0 saturated carbocycles. The minimum absolute atomic E-state index is 0.0593. The van der Waals surface area contributed by atoms with Crippen molar-refractivity contribution in [2.75, 3.05) is 30.4 Å². The number of rotatable bonds is 7. The van der Waals surface area contributed by atoms with Crippen molar-refractivity contribution in [1.82, 2.24) is 0 Å². The van der Waals surface area contributed by atoms with Gasteiger partial charge in [0, 0.05) is 34.5 Å². The van der Waals surface area contributed by atoms with Crippen LogP contribution in [0.4, 0.5) is 11.4 Å². The molecule has 0 bridgehead atoms. The van der Waals surface area contributed by atoms with E-state index in [-0.39, 0.29) is 17.2 Å². The molecule has 0 atom stereocenters. The van der Waals surface area contributed by atoms with Gasteiger partial charge in [0.05, 0.1) is 24.7 Å². The number of ether oxygens (including phenoxy) is 3. The van der Waals surface area contributed by atoms with E-state index in [9.17, 15) is 13.2 Å². The lowest BCUT2D eigenvalue weighted by molar-refractivity contribution is -0.115. The van der Waals surface area contributed by atoms with Crippen LogP contribution in [0.15, 0.2) is 76.2 Å². The third-order valence-electron chi connectivity index (χ3n) is 5.46. The molecule has 4 aromatic rings. The molecular formula is C25H22N2O7S. The van der Waals surface area contributed by atoms with Crippen LogP contribution in [0.5, 0.6) is 17.2 Å². The number of anilines is 2. The van der Waals surface area contributed by atoms with Crippen molar-refractivity contribution in [2.24, 2.45) is 0 Å². The summed E-state index contributed by atoms with van der Waals surface area (Å²) in [4.78, 5) is 12.6. The van der Waals surface area contributed by atoms with Gasteiger partial charge in [0.2, 0.25) is 5.91 Å². The van der Waals surface area contributed by atoms with Crippen molar-refractivity contribution in [3.8, 4) is 17.2 Å². The maximum absolute atomic E-state index is 12.8. The van der Waals surface area contributed by atoms with Gasteiger partial charge in [-0.1, -0.05) is 0 Å². The zero-order valence-electron chi connectivity index (χ0n) is 18.7. The van der Waals surface area contributed by atoms with Crippen molar-refractivity contribution in [1.29, 1.82) is 0 Å². The van der Waals surface area contributed by atoms with Gasteiger partial charge in [0.15, 0.2) is 11.5 Å². The van der Waals surface area contributed by atoms with Crippen LogP contribution in [0.3, 0.4) is 0 Å². The Balaban J connectivity index is 1.23. The summed E-state index contributed by atoms with van der Waals surface area (Å²) in [6, 6.07) is 16.3. The van der Waals surface area contributed by atoms with Crippen LogP contribution in [0, 0.1) is 0 Å². The number of nitrogens with one attached hydrogen (secondary N) is 2. The largest absolute Gasteiger partial charge is 0.497 e. The summed E-state index contributed by atoms with van der Waals surface area (Å²) in [6.07, 6.45) is 1.68. The Morgan fingerprint density at radius 2 is 1.69 bits per heavy atom. The van der Waals surface area contributed by atoms with Gasteiger partial charge in [-0.3, -0.25) is 9.52 Å². The molecule has 0 fully saturated rings. The number of carbonyl (C=O) groups is 1. The Kier molecular flexibility index (Phi) is 5.96. The molecule has 35 heavy (non-hydrogen) atoms. The van der Waals surface area contributed by atoms with Crippen LogP contribution in [0.25, 0.3) is 11.0 Å². The van der Waals surface area contributed by atoms with Crippen molar-refractivity contribution in [3.05, 3.63) is 72.5 Å². The summed E-state index contributed by atoms with van der Waals surface area (Å²) in [6.45, 7) is 0.789. The number of hydrogen-bond donors (Lipinski definition) is 2. The molecule has 9 nitrogen and oxygen atoms in total. The topological polar surface area (TPSA) is 116 Å². The van der Waals surface area contributed by atoms with Crippen molar-refractivity contribution >= 4 is 38.3 Å². The average Bonchev–Trinajstić information content (AvgIpc) is 3.26. The first-order chi connectivity index (χ1) is 16.9. The zero-order chi connectivity index (χ0) is 24.4. The molecule has 0 saturated heterocycles. The number of carbonyl (C=O) groups excluding carboxylic acids is 1. The SMILES string of the molecule is COc1ccc2c(CC(=O)Nc3ccc(NS(=O)(=O)c4ccc5c(c4)OCCO5)cc3)coc2c1. The van der Waals surface area contributed by atoms with E-state index in [1.165, 1.54) is 12.1 Å². The van der Waals surface area contributed by atoms with Gasteiger partial charge < -0.3 is 23.9 Å². The number of fused-ring (bicyclic) bond motifs is 2. The van der Waals surface area contributed by atoms with E-state index < -0.39 is 10.0 Å². The smallest absolute Gasteiger partial charge is 0.262 e. The number of benzene rings is 3. The molecule has 1 amide bonds. The summed E-state index contributed by atoms with van der Waals surface area (Å²) < 4.78 is 49.7. The summed E-state index contributed by atoms with van der Waals surface area (Å²) in [5.41, 5.74) is 2.28. The summed E-state index contributed by atoms with van der Waals surface area (Å²) in [5.74, 6) is 1.35. The molecule has 1 aliphatic heterocycles.